The van der Waals surface area contributed by atoms with Crippen LogP contribution >= 0.6 is 277 Å². The maximum Gasteiger partial charge on any atom is 0.315 e. The summed E-state index contributed by atoms with van der Waals surface area (Å²) in [5.74, 6) is 12.8. The summed E-state index contributed by atoms with van der Waals surface area (Å²) in [7, 11) is 5.55. The van der Waals surface area contributed by atoms with Gasteiger partial charge in [0.1, 0.15) is 0 Å². The average molecular weight is 2220 g/mol. The molecule has 2 N–H and O–H groups in total. The molecule has 0 spiro atoms. The lowest BCUT2D eigenvalue weighted by Crippen LogP contribution is -2.08. The highest BCUT2D eigenvalue weighted by Crippen LogP contribution is 2.42. The first-order valence-electron chi connectivity index (χ1n) is 38.6. The molecule has 12 aromatic heterocycles. The zero-order chi connectivity index (χ0) is 94.2. The second-order valence-corrected chi connectivity index (χ2v) is 49.5. The van der Waals surface area contributed by atoms with Gasteiger partial charge >= 0.3 is 35.8 Å². The van der Waals surface area contributed by atoms with Gasteiger partial charge in [0.15, 0.2) is 29.4 Å². The number of Topliss-reactive ketones (excluding diaryl/α,β-unsaturated/α-hetero) is 4. The summed E-state index contributed by atoms with van der Waals surface area (Å²) in [5.41, 5.74) is 8.82. The van der Waals surface area contributed by atoms with Crippen molar-refractivity contribution in [1.29, 1.82) is 0 Å². The molecule has 0 bridgehead atoms. The van der Waals surface area contributed by atoms with Crippen molar-refractivity contribution in [2.45, 2.75) is 63.4 Å². The van der Waals surface area contributed by atoms with Gasteiger partial charge in [-0.2, -0.15) is 22.7 Å². The number of carboxylic acid groups (broad SMARTS) is 2. The summed E-state index contributed by atoms with van der Waals surface area (Å²) < 4.78 is 18.3. The summed E-state index contributed by atoms with van der Waals surface area (Å²) in [6.45, 7) is 0. The summed E-state index contributed by atoms with van der Waals surface area (Å²) in [6.07, 6.45) is 2.98. The van der Waals surface area contributed by atoms with Crippen molar-refractivity contribution in [2.75, 3.05) is 97.5 Å². The van der Waals surface area contributed by atoms with Crippen molar-refractivity contribution >= 4 is 353 Å². The zero-order valence-electron chi connectivity index (χ0n) is 70.7. The van der Waals surface area contributed by atoms with Crippen LogP contribution in [0.4, 0.5) is 0 Å². The molecule has 0 unspecified atom stereocenters. The first kappa shape index (κ1) is 113. The Bertz CT molecular complexity index is 4790. The lowest BCUT2D eigenvalue weighted by Gasteiger charge is -2.13. The smallest absolute Gasteiger partial charge is 0.315 e. The number of carboxylic acids is 2. The fourth-order valence-electron chi connectivity index (χ4n) is 10.2. The van der Waals surface area contributed by atoms with E-state index >= 15 is 0 Å². The summed E-state index contributed by atoms with van der Waals surface area (Å²) in [5, 5.41) is 45.2. The number of aliphatic carboxylic acids is 2. The van der Waals surface area contributed by atoms with Crippen LogP contribution in [0, 0.1) is 0 Å². The Labute approximate surface area is 860 Å². The summed E-state index contributed by atoms with van der Waals surface area (Å²) >= 11 is 38.3. The second-order valence-electron chi connectivity index (χ2n) is 25.6. The molecule has 0 amide bonds. The highest BCUT2D eigenvalue weighted by molar-refractivity contribution is 8.17. The first-order chi connectivity index (χ1) is 63.6. The number of methoxy groups -OCH3 is 4. The van der Waals surface area contributed by atoms with E-state index in [1.54, 1.807) is 201 Å². The van der Waals surface area contributed by atoms with Gasteiger partial charge in [0.05, 0.1) is 105 Å². The molecule has 18 heterocycles. The molecule has 6 aliphatic rings. The maximum absolute atomic E-state index is 11.1. The van der Waals surface area contributed by atoms with E-state index in [-0.39, 0.29) is 61.7 Å². The van der Waals surface area contributed by atoms with Crippen LogP contribution in [0.3, 0.4) is 0 Å². The van der Waals surface area contributed by atoms with Crippen LogP contribution in [0.15, 0.2) is 172 Å². The Morgan fingerprint density at radius 3 is 1.02 bits per heavy atom. The number of thiophene rings is 12. The lowest BCUT2D eigenvalue weighted by molar-refractivity contribution is -0.138. The molecule has 700 valence electrons. The maximum atomic E-state index is 11.1. The first-order valence-corrected chi connectivity index (χ1v) is 62.6. The SMILES string of the molecule is COC(=O)CSC(SCC(=O)OC)c1cccs1.COC(=O)CSCc1cccs1.COC(=O)CSCc1ccsc1.O=C(O)CSCc1cccs1.O=C(O)CSCc1ccsc1.O=C1CSCc2sccc21.O=C1CSCc2sccc21.O=C1CSCc2sccc21.O=C1CSCc2sccc21.O=C1SCCc2ccsc21.O=C1SCCc2ccsc21.O=Cc1cccs1. The number of esters is 4. The number of aryl methyl sites for hydroxylation is 2. The predicted molar refractivity (Wildman–Crippen MR) is 576 cm³/mol. The minimum absolute atomic E-state index is 0.0446. The van der Waals surface area contributed by atoms with Crippen molar-refractivity contribution in [3.63, 3.8) is 0 Å². The van der Waals surface area contributed by atoms with E-state index in [0.29, 0.717) is 57.7 Å². The topological polar surface area (TPSA) is 299 Å². The van der Waals surface area contributed by atoms with Crippen LogP contribution in [-0.2, 0) is 107 Å². The molecule has 0 radical (unpaired) electrons. The molecular weight excluding hydrogens is 2130 g/mol. The van der Waals surface area contributed by atoms with Gasteiger partial charge < -0.3 is 29.2 Å². The number of aldehydes is 1. The van der Waals surface area contributed by atoms with Gasteiger partial charge in [-0.05, 0) is 183 Å². The van der Waals surface area contributed by atoms with E-state index < -0.39 is 11.9 Å². The van der Waals surface area contributed by atoms with Crippen LogP contribution in [0.5, 0.6) is 0 Å². The monoisotopic (exact) mass is 2220 g/mol. The van der Waals surface area contributed by atoms with Gasteiger partial charge in [0.2, 0.25) is 10.2 Å². The quantitative estimate of drug-likeness (QED) is 0.0246. The number of carbonyl (C=O) groups excluding carboxylic acids is 11. The molecule has 0 aromatic carbocycles. The molecule has 12 aromatic rings. The number of hydrogen-bond acceptors (Lipinski definition) is 41. The van der Waals surface area contributed by atoms with Crippen molar-refractivity contribution in [3.8, 4) is 0 Å². The highest BCUT2D eigenvalue weighted by Gasteiger charge is 2.24. The third-order valence-electron chi connectivity index (χ3n) is 16.4. The van der Waals surface area contributed by atoms with Crippen LogP contribution in [0.25, 0.3) is 0 Å². The van der Waals surface area contributed by atoms with E-state index in [1.807, 2.05) is 137 Å². The normalized spacial score (nSPS) is 13.1. The summed E-state index contributed by atoms with van der Waals surface area (Å²) in [6, 6.07) is 31.6. The van der Waals surface area contributed by atoms with E-state index in [0.717, 1.165) is 118 Å². The van der Waals surface area contributed by atoms with Gasteiger partial charge in [0, 0.05) is 114 Å². The number of rotatable bonds is 24. The Hall–Kier alpha value is -4.89. The summed E-state index contributed by atoms with van der Waals surface area (Å²) in [4.78, 5) is 152. The van der Waals surface area contributed by atoms with Gasteiger partial charge in [-0.25, -0.2) is 0 Å². The van der Waals surface area contributed by atoms with E-state index in [4.69, 9.17) is 10.2 Å². The van der Waals surface area contributed by atoms with Gasteiger partial charge in [-0.15, -0.1) is 231 Å². The molecule has 19 nitrogen and oxygen atoms in total. The fourth-order valence-corrected chi connectivity index (χ4v) is 32.1. The number of fused-ring (bicyclic) bond motifs is 6. The largest absolute Gasteiger partial charge is 0.481 e. The van der Waals surface area contributed by atoms with Crippen LogP contribution in [0.2, 0.25) is 0 Å². The second kappa shape index (κ2) is 67.4. The third kappa shape index (κ3) is 45.1. The van der Waals surface area contributed by atoms with Crippen molar-refractivity contribution < 1.29 is 91.5 Å². The Morgan fingerprint density at radius 1 is 0.366 bits per heavy atom. The van der Waals surface area contributed by atoms with Crippen LogP contribution in [0.1, 0.15) is 131 Å². The van der Waals surface area contributed by atoms with Gasteiger partial charge in [-0.1, -0.05) is 47.8 Å². The van der Waals surface area contributed by atoms with Crippen molar-refractivity contribution in [1.82, 2.24) is 0 Å². The Kier molecular flexibility index (Phi) is 58.2. The van der Waals surface area contributed by atoms with Crippen molar-refractivity contribution in [2.24, 2.45) is 0 Å². The minimum Gasteiger partial charge on any atom is -0.481 e. The number of ketones is 4. The molecule has 0 aliphatic carbocycles. The Morgan fingerprint density at radius 2 is 0.710 bits per heavy atom. The Balaban J connectivity index is 0.000000196. The molecule has 43 heteroatoms. The predicted octanol–water partition coefficient (Wildman–Crippen LogP) is 25.6. The lowest BCUT2D eigenvalue weighted by atomic mass is 10.2. The number of ether oxygens (including phenoxy) is 4. The molecular formula is C88H90O19S24. The number of hydrogen-bond donors (Lipinski definition) is 2. The molecule has 6 aliphatic heterocycles. The van der Waals surface area contributed by atoms with E-state index in [2.05, 4.69) is 48.6 Å². The van der Waals surface area contributed by atoms with Crippen LogP contribution < -0.4 is 0 Å². The fraction of sp³-hybridized carbons (Fsp3) is 0.307. The van der Waals surface area contributed by atoms with Crippen molar-refractivity contribution in [3.05, 3.63) is 266 Å². The molecule has 0 saturated heterocycles. The highest BCUT2D eigenvalue weighted by atomic mass is 32.2. The minimum atomic E-state index is -0.745. The molecule has 0 atom stereocenters. The van der Waals surface area contributed by atoms with E-state index in [9.17, 15) is 62.3 Å². The molecule has 0 saturated carbocycles. The third-order valence-corrected chi connectivity index (χ3v) is 40.8. The molecule has 18 rings (SSSR count). The number of carbonyl (C=O) groups is 13. The molecule has 131 heavy (non-hydrogen) atoms. The average Bonchev–Trinajstić information content (AvgIpc) is 1.74. The van der Waals surface area contributed by atoms with Gasteiger partial charge in [0.25, 0.3) is 0 Å². The standard InChI is InChI=1S/C11H14O4S3.2C8H10O2S2.2C7H8O2S2.6C7H6OS2.C5H4OS/c1-14-9(12)6-17-11(8-4-3-5-16-8)18-7-10(13)15-2;1-10-8(9)6-12-5-7-2-3-11-4-7;1-10-8(9)6-11-5-7-3-2-4-12-7;8-7(9)5-11-4-6-1-2-10-3-6;8-7(9)5-10-4-6-2-1-3-11-6;2*8-7-6-5(1-3-9-6)2-4-10-7;4*8-6-3-9-4-7-5(6)1-2-10-7;6-4-5-2-1-3-7-5/h3-5,11H,6-7H2,1-2H3;2*2-4H,5-6H2,1H3;2*1-3H,4-5H2,(H,8,9);2*1,3H,2,4H2;4*1-2H,3-4H2;1-4H. The zero-order valence-corrected chi connectivity index (χ0v) is 90.3. The van der Waals surface area contributed by atoms with E-state index in [1.165, 1.54) is 162 Å². The van der Waals surface area contributed by atoms with Gasteiger partial charge in [-0.3, -0.25) is 62.3 Å². The molecule has 0 fully saturated rings. The van der Waals surface area contributed by atoms with Crippen LogP contribution in [-0.4, -0.2) is 183 Å². The number of thioether (sulfide) groups is 12.